The van der Waals surface area contributed by atoms with E-state index < -0.39 is 4.92 Å². The van der Waals surface area contributed by atoms with Crippen molar-refractivity contribution >= 4 is 66.8 Å². The second-order valence-electron chi connectivity index (χ2n) is 7.67. The number of pyridine rings is 1. The molecular formula is C22H16BrClN8O2. The minimum atomic E-state index is -0.527. The topological polar surface area (TPSA) is 129 Å². The number of nitro groups is 1. The third-order valence-corrected chi connectivity index (χ3v) is 6.17. The van der Waals surface area contributed by atoms with Crippen LogP contribution >= 0.6 is 27.5 Å². The molecule has 5 aromatic rings. The number of rotatable bonds is 4. The number of nitro benzene ring substituents is 1. The number of nitrogen functional groups attached to an aromatic ring is 1. The van der Waals surface area contributed by atoms with E-state index in [-0.39, 0.29) is 16.5 Å². The molecule has 3 heterocycles. The van der Waals surface area contributed by atoms with Crippen molar-refractivity contribution in [2.75, 3.05) is 24.7 Å². The van der Waals surface area contributed by atoms with E-state index in [2.05, 4.69) is 25.9 Å². The standard InChI is InChI=1S/C22H16BrClN8O2/c1-30(2)22-16-17-20(25)26-10-27-21(17)28-18(11-3-5-12(23)6-4-11)19(16)29-31(22)13-7-8-14(24)15(9-13)32(33)34/h3-10H,1-2H3,(H2,25,26,27). The summed E-state index contributed by atoms with van der Waals surface area (Å²) in [6.07, 6.45) is 1.37. The number of benzene rings is 2. The third kappa shape index (κ3) is 3.49. The Morgan fingerprint density at radius 3 is 2.53 bits per heavy atom. The number of halogens is 2. The van der Waals surface area contributed by atoms with Gasteiger partial charge in [0.15, 0.2) is 5.65 Å². The lowest BCUT2D eigenvalue weighted by Gasteiger charge is -2.16. The van der Waals surface area contributed by atoms with Crippen molar-refractivity contribution in [3.8, 4) is 16.9 Å². The van der Waals surface area contributed by atoms with Gasteiger partial charge < -0.3 is 10.6 Å². The fourth-order valence-corrected chi connectivity index (χ4v) is 4.30. The molecule has 0 radical (unpaired) electrons. The molecule has 3 aromatic heterocycles. The van der Waals surface area contributed by atoms with E-state index in [0.29, 0.717) is 39.1 Å². The van der Waals surface area contributed by atoms with Gasteiger partial charge in [-0.15, -0.1) is 0 Å². The largest absolute Gasteiger partial charge is 0.383 e. The minimum absolute atomic E-state index is 0.0391. The molecule has 0 aliphatic heterocycles. The first-order valence-electron chi connectivity index (χ1n) is 9.96. The number of fused-ring (bicyclic) bond motifs is 3. The zero-order valence-corrected chi connectivity index (χ0v) is 20.2. The van der Waals surface area contributed by atoms with Crippen LogP contribution in [0.15, 0.2) is 53.3 Å². The Morgan fingerprint density at radius 2 is 1.85 bits per heavy atom. The molecule has 0 spiro atoms. The molecule has 5 rings (SSSR count). The quantitative estimate of drug-likeness (QED) is 0.249. The average Bonchev–Trinajstić information content (AvgIpc) is 3.20. The summed E-state index contributed by atoms with van der Waals surface area (Å²) in [5, 5.41) is 17.6. The molecule has 0 unspecified atom stereocenters. The molecule has 0 saturated carbocycles. The first-order valence-corrected chi connectivity index (χ1v) is 11.1. The fraction of sp³-hybridized carbons (Fsp3) is 0.0909. The Bertz CT molecular complexity index is 1600. The molecule has 0 aliphatic rings. The van der Waals surface area contributed by atoms with Crippen LogP contribution in [-0.2, 0) is 0 Å². The van der Waals surface area contributed by atoms with Gasteiger partial charge in [-0.05, 0) is 24.3 Å². The Hall–Kier alpha value is -3.83. The summed E-state index contributed by atoms with van der Waals surface area (Å²) in [5.74, 6) is 0.897. The summed E-state index contributed by atoms with van der Waals surface area (Å²) in [6.45, 7) is 0. The maximum Gasteiger partial charge on any atom is 0.290 e. The summed E-state index contributed by atoms with van der Waals surface area (Å²) >= 11 is 9.50. The fourth-order valence-electron chi connectivity index (χ4n) is 3.85. The highest BCUT2D eigenvalue weighted by Gasteiger charge is 2.25. The molecule has 2 aromatic carbocycles. The van der Waals surface area contributed by atoms with Crippen molar-refractivity contribution in [3.63, 3.8) is 0 Å². The van der Waals surface area contributed by atoms with Crippen molar-refractivity contribution in [3.05, 3.63) is 68.4 Å². The van der Waals surface area contributed by atoms with Gasteiger partial charge in [0.1, 0.15) is 34.2 Å². The Balaban J connectivity index is 1.94. The lowest BCUT2D eigenvalue weighted by atomic mass is 10.1. The monoisotopic (exact) mass is 538 g/mol. The van der Waals surface area contributed by atoms with E-state index in [1.165, 1.54) is 18.5 Å². The predicted molar refractivity (Wildman–Crippen MR) is 136 cm³/mol. The normalized spacial score (nSPS) is 11.3. The predicted octanol–water partition coefficient (Wildman–Crippen LogP) is 5.00. The van der Waals surface area contributed by atoms with Crippen LogP contribution in [0.2, 0.25) is 5.02 Å². The molecular weight excluding hydrogens is 524 g/mol. The highest BCUT2D eigenvalue weighted by molar-refractivity contribution is 9.10. The summed E-state index contributed by atoms with van der Waals surface area (Å²) in [7, 11) is 3.70. The summed E-state index contributed by atoms with van der Waals surface area (Å²) < 4.78 is 2.54. The summed E-state index contributed by atoms with van der Waals surface area (Å²) in [6, 6.07) is 12.2. The van der Waals surface area contributed by atoms with Crippen LogP contribution in [0, 0.1) is 10.1 Å². The number of aromatic nitrogens is 5. The minimum Gasteiger partial charge on any atom is -0.383 e. The molecule has 0 saturated heterocycles. The maximum absolute atomic E-state index is 11.5. The van der Waals surface area contributed by atoms with Crippen molar-refractivity contribution in [2.45, 2.75) is 0 Å². The van der Waals surface area contributed by atoms with Gasteiger partial charge >= 0.3 is 0 Å². The van der Waals surface area contributed by atoms with Gasteiger partial charge in [-0.25, -0.2) is 19.6 Å². The van der Waals surface area contributed by atoms with Crippen molar-refractivity contribution < 1.29 is 4.92 Å². The van der Waals surface area contributed by atoms with E-state index in [9.17, 15) is 10.1 Å². The SMILES string of the molecule is CN(C)c1c2c(nn1-c1ccc(Cl)c([N+](=O)[O-])c1)c(-c1ccc(Br)cc1)nc1ncnc(N)c12. The number of anilines is 2. The number of hydrogen-bond donors (Lipinski definition) is 1. The number of nitrogens with two attached hydrogens (primary N) is 1. The summed E-state index contributed by atoms with van der Waals surface area (Å²) in [5.41, 5.74) is 8.90. The zero-order chi connectivity index (χ0) is 24.1. The molecule has 0 amide bonds. The van der Waals surface area contributed by atoms with Crippen LogP contribution in [0.4, 0.5) is 17.3 Å². The molecule has 12 heteroatoms. The highest BCUT2D eigenvalue weighted by atomic mass is 79.9. The zero-order valence-electron chi connectivity index (χ0n) is 17.9. The Kier molecular flexibility index (Phi) is 5.29. The van der Waals surface area contributed by atoms with E-state index >= 15 is 0 Å². The first-order chi connectivity index (χ1) is 16.3. The van der Waals surface area contributed by atoms with Crippen LogP contribution in [-0.4, -0.2) is 43.8 Å². The summed E-state index contributed by atoms with van der Waals surface area (Å²) in [4.78, 5) is 26.1. The van der Waals surface area contributed by atoms with Crippen LogP contribution in [0.1, 0.15) is 0 Å². The van der Waals surface area contributed by atoms with Crippen molar-refractivity contribution in [1.82, 2.24) is 24.7 Å². The second kappa shape index (κ2) is 8.19. The van der Waals surface area contributed by atoms with Gasteiger partial charge in [0.2, 0.25) is 0 Å². The molecule has 2 N–H and O–H groups in total. The maximum atomic E-state index is 11.5. The molecule has 0 fully saturated rings. The van der Waals surface area contributed by atoms with Crippen LogP contribution in [0.3, 0.4) is 0 Å². The van der Waals surface area contributed by atoms with Crippen LogP contribution in [0.5, 0.6) is 0 Å². The number of nitrogens with zero attached hydrogens (tertiary/aromatic N) is 7. The third-order valence-electron chi connectivity index (χ3n) is 5.32. The van der Waals surface area contributed by atoms with E-state index in [4.69, 9.17) is 27.4 Å². The van der Waals surface area contributed by atoms with Gasteiger partial charge in [-0.3, -0.25) is 10.1 Å². The van der Waals surface area contributed by atoms with Crippen LogP contribution < -0.4 is 10.6 Å². The van der Waals surface area contributed by atoms with Crippen molar-refractivity contribution in [1.29, 1.82) is 0 Å². The van der Waals surface area contributed by atoms with Gasteiger partial charge in [0, 0.05) is 30.2 Å². The smallest absolute Gasteiger partial charge is 0.290 e. The molecule has 10 nitrogen and oxygen atoms in total. The molecule has 170 valence electrons. The van der Waals surface area contributed by atoms with Crippen molar-refractivity contribution in [2.24, 2.45) is 0 Å². The average molecular weight is 540 g/mol. The first kappa shape index (κ1) is 22.0. The molecule has 0 bridgehead atoms. The molecule has 0 atom stereocenters. The lowest BCUT2D eigenvalue weighted by molar-refractivity contribution is -0.384. The Labute approximate surface area is 206 Å². The van der Waals surface area contributed by atoms with Gasteiger partial charge in [-0.2, -0.15) is 5.10 Å². The van der Waals surface area contributed by atoms with E-state index in [1.54, 1.807) is 10.7 Å². The van der Waals surface area contributed by atoms with E-state index in [0.717, 1.165) is 10.0 Å². The van der Waals surface area contributed by atoms with E-state index in [1.807, 2.05) is 43.3 Å². The van der Waals surface area contributed by atoms with Gasteiger partial charge in [0.05, 0.1) is 21.4 Å². The molecule has 34 heavy (non-hydrogen) atoms. The second-order valence-corrected chi connectivity index (χ2v) is 8.99. The number of hydrogen-bond acceptors (Lipinski definition) is 8. The Morgan fingerprint density at radius 1 is 1.12 bits per heavy atom. The lowest BCUT2D eigenvalue weighted by Crippen LogP contribution is -2.14. The van der Waals surface area contributed by atoms with Gasteiger partial charge in [0.25, 0.3) is 5.69 Å². The highest BCUT2D eigenvalue weighted by Crippen LogP contribution is 2.40. The molecule has 0 aliphatic carbocycles. The van der Waals surface area contributed by atoms with Gasteiger partial charge in [-0.1, -0.05) is 39.7 Å². The van der Waals surface area contributed by atoms with Crippen LogP contribution in [0.25, 0.3) is 38.9 Å².